The van der Waals surface area contributed by atoms with Crippen LogP contribution in [0.1, 0.15) is 16.3 Å². The molecule has 5 nitrogen and oxygen atoms in total. The van der Waals surface area contributed by atoms with Crippen LogP contribution in [-0.2, 0) is 6.54 Å². The van der Waals surface area contributed by atoms with E-state index in [0.717, 1.165) is 16.3 Å². The number of anilines is 1. The summed E-state index contributed by atoms with van der Waals surface area (Å²) in [6.45, 7) is 2.46. The lowest BCUT2D eigenvalue weighted by Crippen LogP contribution is -2.31. The number of benzene rings is 1. The number of thiazole rings is 1. The molecule has 0 aliphatic rings. The molecule has 2 aromatic rings. The number of alkyl halides is 3. The molecular weight excluding hydrogens is 355 g/mol. The minimum absolute atomic E-state index is 0.0245. The largest absolute Gasteiger partial charge is 0.482 e. The lowest BCUT2D eigenvalue weighted by atomic mass is 10.2. The third-order valence-electron chi connectivity index (χ3n) is 3.18. The van der Waals surface area contributed by atoms with E-state index in [9.17, 15) is 18.0 Å². The highest BCUT2D eigenvalue weighted by Crippen LogP contribution is 2.28. The quantitative estimate of drug-likeness (QED) is 0.847. The normalized spacial score (nSPS) is 11.3. The van der Waals surface area contributed by atoms with Crippen LogP contribution >= 0.6 is 11.3 Å². The highest BCUT2D eigenvalue weighted by molar-refractivity contribution is 7.09. The molecule has 1 N–H and O–H groups in total. The lowest BCUT2D eigenvalue weighted by molar-refractivity contribution is -0.153. The lowest BCUT2D eigenvalue weighted by Gasteiger charge is -2.19. The second-order valence-electron chi connectivity index (χ2n) is 5.55. The summed E-state index contributed by atoms with van der Waals surface area (Å²) in [4.78, 5) is 17.9. The number of hydrogen-bond acceptors (Lipinski definition) is 4. The Hall–Kier alpha value is -2.29. The Balaban J connectivity index is 2.06. The van der Waals surface area contributed by atoms with E-state index in [1.165, 1.54) is 28.4 Å². The standard InChI is InChI=1S/C16H18F3N3O2S/c1-10-4-5-13(14(6-10)24-9-16(17,18)19)21-15(23)22(3)7-12-8-25-11(2)20-12/h4-6,8H,7,9H2,1-3H3,(H,21,23). The predicted molar refractivity (Wildman–Crippen MR) is 90.1 cm³/mol. The molecule has 0 bridgehead atoms. The molecule has 0 radical (unpaired) electrons. The van der Waals surface area contributed by atoms with Gasteiger partial charge in [-0.05, 0) is 31.5 Å². The Labute approximate surface area is 147 Å². The van der Waals surface area contributed by atoms with Gasteiger partial charge in [0.2, 0.25) is 0 Å². The Morgan fingerprint density at radius 3 is 2.68 bits per heavy atom. The maximum Gasteiger partial charge on any atom is 0.422 e. The molecule has 9 heteroatoms. The van der Waals surface area contributed by atoms with E-state index in [4.69, 9.17) is 4.74 Å². The van der Waals surface area contributed by atoms with Gasteiger partial charge in [0.15, 0.2) is 6.61 Å². The number of aryl methyl sites for hydroxylation is 2. The average molecular weight is 373 g/mol. The van der Waals surface area contributed by atoms with Crippen LogP contribution in [0.4, 0.5) is 23.7 Å². The van der Waals surface area contributed by atoms with E-state index >= 15 is 0 Å². The number of rotatable bonds is 5. The zero-order chi connectivity index (χ0) is 18.6. The number of halogens is 3. The van der Waals surface area contributed by atoms with Crippen LogP contribution < -0.4 is 10.1 Å². The first-order chi connectivity index (χ1) is 11.6. The Bertz CT molecular complexity index is 746. The zero-order valence-corrected chi connectivity index (χ0v) is 14.8. The summed E-state index contributed by atoms with van der Waals surface area (Å²) >= 11 is 1.48. The van der Waals surface area contributed by atoms with E-state index in [-0.39, 0.29) is 11.4 Å². The van der Waals surface area contributed by atoms with Gasteiger partial charge in [0.05, 0.1) is 22.9 Å². The first kappa shape index (κ1) is 19.0. The number of nitrogens with one attached hydrogen (secondary N) is 1. The summed E-state index contributed by atoms with van der Waals surface area (Å²) in [7, 11) is 1.58. The topological polar surface area (TPSA) is 54.5 Å². The molecule has 2 amide bonds. The van der Waals surface area contributed by atoms with Crippen LogP contribution in [0.5, 0.6) is 5.75 Å². The van der Waals surface area contributed by atoms with Crippen molar-refractivity contribution in [3.63, 3.8) is 0 Å². The van der Waals surface area contributed by atoms with Crippen molar-refractivity contribution < 1.29 is 22.7 Å². The summed E-state index contributed by atoms with van der Waals surface area (Å²) in [6.07, 6.45) is -4.45. The van der Waals surface area contributed by atoms with Gasteiger partial charge in [0, 0.05) is 12.4 Å². The van der Waals surface area contributed by atoms with E-state index in [1.807, 2.05) is 12.3 Å². The number of carbonyl (C=O) groups is 1. The Kier molecular flexibility index (Phi) is 5.89. The molecule has 0 aliphatic heterocycles. The third kappa shape index (κ3) is 5.93. The van der Waals surface area contributed by atoms with Crippen LogP contribution in [-0.4, -0.2) is 35.7 Å². The van der Waals surface area contributed by atoms with Gasteiger partial charge in [-0.3, -0.25) is 0 Å². The fraction of sp³-hybridized carbons (Fsp3) is 0.375. The molecule has 0 saturated carbocycles. The summed E-state index contributed by atoms with van der Waals surface area (Å²) in [5.41, 5.74) is 1.65. The summed E-state index contributed by atoms with van der Waals surface area (Å²) in [5.74, 6) is -0.0245. The minimum Gasteiger partial charge on any atom is -0.482 e. The third-order valence-corrected chi connectivity index (χ3v) is 4.00. The van der Waals surface area contributed by atoms with E-state index in [1.54, 1.807) is 20.0 Å². The predicted octanol–water partition coefficient (Wildman–Crippen LogP) is 4.36. The van der Waals surface area contributed by atoms with Gasteiger partial charge in [-0.15, -0.1) is 11.3 Å². The van der Waals surface area contributed by atoms with Crippen LogP contribution in [0.3, 0.4) is 0 Å². The summed E-state index contributed by atoms with van der Waals surface area (Å²) in [6, 6.07) is 4.18. The first-order valence-corrected chi connectivity index (χ1v) is 8.25. The van der Waals surface area contributed by atoms with Gasteiger partial charge in [0.25, 0.3) is 0 Å². The zero-order valence-electron chi connectivity index (χ0n) is 14.0. The second kappa shape index (κ2) is 7.73. The smallest absolute Gasteiger partial charge is 0.422 e. The number of amides is 2. The van der Waals surface area contributed by atoms with Crippen LogP contribution in [0, 0.1) is 13.8 Å². The number of ether oxygens (including phenoxy) is 1. The van der Waals surface area contributed by atoms with Crippen molar-refractivity contribution in [2.75, 3.05) is 19.0 Å². The molecule has 136 valence electrons. The molecule has 0 saturated heterocycles. The fourth-order valence-electron chi connectivity index (χ4n) is 2.02. The van der Waals surface area contributed by atoms with Gasteiger partial charge < -0.3 is 15.0 Å². The van der Waals surface area contributed by atoms with Crippen molar-refractivity contribution >= 4 is 23.1 Å². The monoisotopic (exact) mass is 373 g/mol. The van der Waals surface area contributed by atoms with Crippen molar-refractivity contribution in [3.8, 4) is 5.75 Å². The minimum atomic E-state index is -4.45. The van der Waals surface area contributed by atoms with E-state index in [2.05, 4.69) is 10.3 Å². The second-order valence-corrected chi connectivity index (χ2v) is 6.61. The number of aromatic nitrogens is 1. The molecule has 0 aliphatic carbocycles. The number of urea groups is 1. The Morgan fingerprint density at radius 2 is 2.08 bits per heavy atom. The Morgan fingerprint density at radius 1 is 1.36 bits per heavy atom. The molecule has 1 aromatic heterocycles. The fourth-order valence-corrected chi connectivity index (χ4v) is 2.62. The molecule has 1 aromatic carbocycles. The van der Waals surface area contributed by atoms with Crippen molar-refractivity contribution in [1.29, 1.82) is 0 Å². The molecule has 0 atom stereocenters. The van der Waals surface area contributed by atoms with E-state index in [0.29, 0.717) is 6.54 Å². The maximum absolute atomic E-state index is 12.4. The molecule has 1 heterocycles. The van der Waals surface area contributed by atoms with Gasteiger partial charge in [0.1, 0.15) is 5.75 Å². The van der Waals surface area contributed by atoms with Gasteiger partial charge in [-0.25, -0.2) is 9.78 Å². The van der Waals surface area contributed by atoms with Crippen molar-refractivity contribution in [2.24, 2.45) is 0 Å². The van der Waals surface area contributed by atoms with Gasteiger partial charge in [-0.1, -0.05) is 6.07 Å². The van der Waals surface area contributed by atoms with Crippen molar-refractivity contribution in [1.82, 2.24) is 9.88 Å². The van der Waals surface area contributed by atoms with Crippen LogP contribution in [0.25, 0.3) is 0 Å². The highest BCUT2D eigenvalue weighted by atomic mass is 32.1. The molecule has 2 rings (SSSR count). The van der Waals surface area contributed by atoms with Gasteiger partial charge in [-0.2, -0.15) is 13.2 Å². The number of nitrogens with zero attached hydrogens (tertiary/aromatic N) is 2. The van der Waals surface area contributed by atoms with Crippen molar-refractivity contribution in [3.05, 3.63) is 39.8 Å². The first-order valence-electron chi connectivity index (χ1n) is 7.37. The van der Waals surface area contributed by atoms with Gasteiger partial charge >= 0.3 is 12.2 Å². The van der Waals surface area contributed by atoms with E-state index < -0.39 is 18.8 Å². The number of carbonyl (C=O) groups excluding carboxylic acids is 1. The summed E-state index contributed by atoms with van der Waals surface area (Å²) < 4.78 is 42.0. The molecular formula is C16H18F3N3O2S. The maximum atomic E-state index is 12.4. The SMILES string of the molecule is Cc1ccc(NC(=O)N(C)Cc2csc(C)n2)c(OCC(F)(F)F)c1. The molecule has 25 heavy (non-hydrogen) atoms. The molecule has 0 spiro atoms. The van der Waals surface area contributed by atoms with Crippen molar-refractivity contribution in [2.45, 2.75) is 26.6 Å². The number of hydrogen-bond donors (Lipinski definition) is 1. The molecule has 0 fully saturated rings. The average Bonchev–Trinajstić information content (AvgIpc) is 2.91. The van der Waals surface area contributed by atoms with Crippen LogP contribution in [0.2, 0.25) is 0 Å². The summed E-state index contributed by atoms with van der Waals surface area (Å²) in [5, 5.41) is 5.31. The molecule has 0 unspecified atom stereocenters. The van der Waals surface area contributed by atoms with Crippen LogP contribution in [0.15, 0.2) is 23.6 Å². The highest BCUT2D eigenvalue weighted by Gasteiger charge is 2.29.